The van der Waals surface area contributed by atoms with E-state index in [1.165, 1.54) is 35.4 Å². The van der Waals surface area contributed by atoms with E-state index in [0.29, 0.717) is 17.1 Å². The molecule has 114 valence electrons. The zero-order chi connectivity index (χ0) is 15.4. The van der Waals surface area contributed by atoms with Gasteiger partial charge >= 0.3 is 0 Å². The van der Waals surface area contributed by atoms with Crippen LogP contribution in [0.25, 0.3) is 0 Å². The molecule has 22 heavy (non-hydrogen) atoms. The van der Waals surface area contributed by atoms with Crippen molar-refractivity contribution in [3.63, 3.8) is 0 Å². The van der Waals surface area contributed by atoms with Gasteiger partial charge in [-0.3, -0.25) is 4.79 Å². The number of aryl methyl sites for hydroxylation is 2. The molecule has 0 heterocycles. The standard InChI is InChI=1S/C18H18FNOS/c19-17-7-2-1-4-15(17)11-22-12-18(21)20-16-9-8-13-5-3-6-14(13)10-16/h1-2,4,7-10H,3,5-6,11-12H2,(H,20,21). The van der Waals surface area contributed by atoms with Crippen LogP contribution in [0.1, 0.15) is 23.1 Å². The lowest BCUT2D eigenvalue weighted by atomic mass is 10.1. The molecule has 0 saturated heterocycles. The molecule has 2 nitrogen and oxygen atoms in total. The van der Waals surface area contributed by atoms with Gasteiger partial charge in [-0.15, -0.1) is 11.8 Å². The van der Waals surface area contributed by atoms with Crippen LogP contribution in [-0.4, -0.2) is 11.7 Å². The predicted octanol–water partition coefficient (Wildman–Crippen LogP) is 4.19. The average Bonchev–Trinajstić information content (AvgIpc) is 2.97. The molecule has 0 spiro atoms. The molecule has 3 rings (SSSR count). The van der Waals surface area contributed by atoms with Gasteiger partial charge < -0.3 is 5.32 Å². The second kappa shape index (κ2) is 6.97. The number of rotatable bonds is 5. The van der Waals surface area contributed by atoms with Gasteiger partial charge in [-0.1, -0.05) is 24.3 Å². The number of benzene rings is 2. The van der Waals surface area contributed by atoms with Crippen molar-refractivity contribution in [2.45, 2.75) is 25.0 Å². The first-order valence-electron chi connectivity index (χ1n) is 7.45. The molecule has 0 saturated carbocycles. The Morgan fingerprint density at radius 1 is 1.14 bits per heavy atom. The fraction of sp³-hybridized carbons (Fsp3) is 0.278. The Bertz CT molecular complexity index is 687. The van der Waals surface area contributed by atoms with Crippen LogP contribution in [0.5, 0.6) is 0 Å². The molecule has 0 unspecified atom stereocenters. The van der Waals surface area contributed by atoms with Crippen LogP contribution >= 0.6 is 11.8 Å². The maximum Gasteiger partial charge on any atom is 0.234 e. The molecule has 1 aliphatic carbocycles. The maximum absolute atomic E-state index is 13.5. The summed E-state index contributed by atoms with van der Waals surface area (Å²) >= 11 is 1.42. The molecule has 1 N–H and O–H groups in total. The second-order valence-electron chi connectivity index (χ2n) is 5.47. The van der Waals surface area contributed by atoms with Gasteiger partial charge in [-0.2, -0.15) is 0 Å². The van der Waals surface area contributed by atoms with Crippen molar-refractivity contribution in [3.05, 3.63) is 65.0 Å². The zero-order valence-electron chi connectivity index (χ0n) is 12.3. The predicted molar refractivity (Wildman–Crippen MR) is 89.7 cm³/mol. The van der Waals surface area contributed by atoms with Crippen molar-refractivity contribution < 1.29 is 9.18 Å². The second-order valence-corrected chi connectivity index (χ2v) is 6.46. The smallest absolute Gasteiger partial charge is 0.234 e. The van der Waals surface area contributed by atoms with Crippen molar-refractivity contribution in [1.29, 1.82) is 0 Å². The summed E-state index contributed by atoms with van der Waals surface area (Å²) < 4.78 is 13.5. The highest BCUT2D eigenvalue weighted by molar-refractivity contribution is 7.99. The van der Waals surface area contributed by atoms with Crippen molar-refractivity contribution >= 4 is 23.4 Å². The average molecular weight is 315 g/mol. The highest BCUT2D eigenvalue weighted by Gasteiger charge is 2.12. The number of hydrogen-bond acceptors (Lipinski definition) is 2. The Morgan fingerprint density at radius 3 is 2.82 bits per heavy atom. The van der Waals surface area contributed by atoms with Crippen molar-refractivity contribution in [2.24, 2.45) is 0 Å². The summed E-state index contributed by atoms with van der Waals surface area (Å²) in [6.45, 7) is 0. The molecule has 0 aromatic heterocycles. The maximum atomic E-state index is 13.5. The lowest BCUT2D eigenvalue weighted by Crippen LogP contribution is -2.14. The fourth-order valence-electron chi connectivity index (χ4n) is 2.72. The number of hydrogen-bond donors (Lipinski definition) is 1. The van der Waals surface area contributed by atoms with Crippen LogP contribution in [0, 0.1) is 5.82 Å². The number of nitrogens with one attached hydrogen (secondary N) is 1. The Labute approximate surface area is 134 Å². The monoisotopic (exact) mass is 315 g/mol. The van der Waals surface area contributed by atoms with Crippen LogP contribution in [0.4, 0.5) is 10.1 Å². The van der Waals surface area contributed by atoms with Gasteiger partial charge in [-0.05, 0) is 54.2 Å². The van der Waals surface area contributed by atoms with Gasteiger partial charge in [-0.25, -0.2) is 4.39 Å². The molecule has 4 heteroatoms. The number of carbonyl (C=O) groups excluding carboxylic acids is 1. The van der Waals surface area contributed by atoms with E-state index >= 15 is 0 Å². The van der Waals surface area contributed by atoms with Crippen LogP contribution in [0.3, 0.4) is 0 Å². The minimum absolute atomic E-state index is 0.0423. The van der Waals surface area contributed by atoms with Gasteiger partial charge in [0, 0.05) is 11.4 Å². The summed E-state index contributed by atoms with van der Waals surface area (Å²) in [4.78, 5) is 12.0. The van der Waals surface area contributed by atoms with E-state index < -0.39 is 0 Å². The molecule has 0 fully saturated rings. The number of thioether (sulfide) groups is 1. The Hall–Kier alpha value is -1.81. The van der Waals surface area contributed by atoms with E-state index in [1.54, 1.807) is 12.1 Å². The number of amides is 1. The summed E-state index contributed by atoms with van der Waals surface area (Å²) in [6.07, 6.45) is 3.44. The number of fused-ring (bicyclic) bond motifs is 1. The SMILES string of the molecule is O=C(CSCc1ccccc1F)Nc1ccc2c(c1)CCC2. The number of carbonyl (C=O) groups is 1. The highest BCUT2D eigenvalue weighted by Crippen LogP contribution is 2.25. The van der Waals surface area contributed by atoms with E-state index in [9.17, 15) is 9.18 Å². The normalized spacial score (nSPS) is 13.0. The third-order valence-corrected chi connectivity index (χ3v) is 4.81. The number of halogens is 1. The number of anilines is 1. The Kier molecular flexibility index (Phi) is 4.78. The third kappa shape index (κ3) is 3.69. The van der Waals surface area contributed by atoms with Crippen LogP contribution < -0.4 is 5.32 Å². The molecule has 0 radical (unpaired) electrons. The van der Waals surface area contributed by atoms with Crippen molar-refractivity contribution in [2.75, 3.05) is 11.1 Å². The lowest BCUT2D eigenvalue weighted by molar-refractivity contribution is -0.113. The summed E-state index contributed by atoms with van der Waals surface area (Å²) in [5, 5.41) is 2.92. The summed E-state index contributed by atoms with van der Waals surface area (Å²) in [5.74, 6) is 0.573. The van der Waals surface area contributed by atoms with Crippen LogP contribution in [-0.2, 0) is 23.4 Å². The van der Waals surface area contributed by atoms with Crippen LogP contribution in [0.15, 0.2) is 42.5 Å². The molecule has 0 atom stereocenters. The largest absolute Gasteiger partial charge is 0.325 e. The highest BCUT2D eigenvalue weighted by atomic mass is 32.2. The molecular weight excluding hydrogens is 297 g/mol. The molecule has 1 amide bonds. The molecule has 0 bridgehead atoms. The molecule has 1 aliphatic rings. The molecule has 2 aromatic carbocycles. The van der Waals surface area contributed by atoms with Gasteiger partial charge in [0.2, 0.25) is 5.91 Å². The zero-order valence-corrected chi connectivity index (χ0v) is 13.1. The van der Waals surface area contributed by atoms with E-state index in [2.05, 4.69) is 17.4 Å². The minimum Gasteiger partial charge on any atom is -0.325 e. The molecule has 0 aliphatic heterocycles. The Morgan fingerprint density at radius 2 is 1.95 bits per heavy atom. The Balaban J connectivity index is 1.49. The van der Waals surface area contributed by atoms with Gasteiger partial charge in [0.15, 0.2) is 0 Å². The van der Waals surface area contributed by atoms with Crippen molar-refractivity contribution in [1.82, 2.24) is 0 Å². The first kappa shape index (κ1) is 15.1. The first-order valence-corrected chi connectivity index (χ1v) is 8.60. The summed E-state index contributed by atoms with van der Waals surface area (Å²) in [5.41, 5.74) is 4.23. The minimum atomic E-state index is -0.214. The van der Waals surface area contributed by atoms with Crippen molar-refractivity contribution in [3.8, 4) is 0 Å². The molecule has 2 aromatic rings. The summed E-state index contributed by atoms with van der Waals surface area (Å²) in [7, 11) is 0. The van der Waals surface area contributed by atoms with E-state index in [-0.39, 0.29) is 11.7 Å². The topological polar surface area (TPSA) is 29.1 Å². The summed E-state index contributed by atoms with van der Waals surface area (Å²) in [6, 6.07) is 12.8. The van der Waals surface area contributed by atoms with E-state index in [1.807, 2.05) is 12.1 Å². The van der Waals surface area contributed by atoms with E-state index in [0.717, 1.165) is 18.5 Å². The van der Waals surface area contributed by atoms with Gasteiger partial charge in [0.25, 0.3) is 0 Å². The van der Waals surface area contributed by atoms with Gasteiger partial charge in [0.05, 0.1) is 5.75 Å². The third-order valence-electron chi connectivity index (χ3n) is 3.83. The first-order chi connectivity index (χ1) is 10.7. The van der Waals surface area contributed by atoms with Crippen LogP contribution in [0.2, 0.25) is 0 Å². The lowest BCUT2D eigenvalue weighted by Gasteiger charge is -2.08. The van der Waals surface area contributed by atoms with Gasteiger partial charge in [0.1, 0.15) is 5.82 Å². The van der Waals surface area contributed by atoms with E-state index in [4.69, 9.17) is 0 Å². The fourth-order valence-corrected chi connectivity index (χ4v) is 3.53. The quantitative estimate of drug-likeness (QED) is 0.896. The molecular formula is C18H18FNOS.